The molecule has 232 valence electrons. The maximum atomic E-state index is 6.33. The van der Waals surface area contributed by atoms with E-state index in [4.69, 9.17) is 4.74 Å². The Labute approximate surface area is 286 Å². The van der Waals surface area contributed by atoms with E-state index in [2.05, 4.69) is 151 Å². The molecular formula is C47H33NO. The van der Waals surface area contributed by atoms with Gasteiger partial charge < -0.3 is 9.64 Å². The molecule has 1 aliphatic heterocycles. The zero-order chi connectivity index (χ0) is 32.7. The lowest BCUT2D eigenvalue weighted by Crippen LogP contribution is -2.17. The Morgan fingerprint density at radius 1 is 0.469 bits per heavy atom. The Bertz CT molecular complexity index is 2620. The molecule has 49 heavy (non-hydrogen) atoms. The standard InChI is InChI=1S/C47H33NO/c1-2-3-4-15-39-31-48(46-20-11-12-21-47(46)49-39)38-28-36(34-23-22-32-13-5-6-14-33(32)26-34)27-37(29-38)35-24-25-44-42-18-8-7-16-40(42)41-17-9-10-19-43(41)45(44)30-35/h2-31H,1H3/b3-2-,15-4-. The molecule has 0 radical (unpaired) electrons. The SMILES string of the molecule is C/C=C\C=C/C1=CN(c2cc(-c3ccc4ccccc4c3)cc(-c3ccc4c5ccccc5c5ccccc5c4c3)c2)c2ccccc2O1. The number of ether oxygens (including phenoxy) is 1. The van der Waals surface area contributed by atoms with Crippen molar-refractivity contribution in [3.8, 4) is 28.0 Å². The molecule has 0 unspecified atom stereocenters. The van der Waals surface area contributed by atoms with Crippen LogP contribution in [0.4, 0.5) is 11.4 Å². The highest BCUT2D eigenvalue weighted by Gasteiger charge is 2.21. The van der Waals surface area contributed by atoms with Gasteiger partial charge in [0.1, 0.15) is 5.76 Å². The average molecular weight is 628 g/mol. The smallest absolute Gasteiger partial charge is 0.151 e. The minimum Gasteiger partial charge on any atom is -0.454 e. The third kappa shape index (κ3) is 5.15. The van der Waals surface area contributed by atoms with Crippen LogP contribution >= 0.6 is 0 Å². The second-order valence-corrected chi connectivity index (χ2v) is 12.5. The lowest BCUT2D eigenvalue weighted by Gasteiger charge is -2.29. The van der Waals surface area contributed by atoms with Crippen LogP contribution in [-0.2, 0) is 0 Å². The molecule has 1 heterocycles. The van der Waals surface area contributed by atoms with Gasteiger partial charge >= 0.3 is 0 Å². The van der Waals surface area contributed by atoms with E-state index in [-0.39, 0.29) is 0 Å². The first-order valence-corrected chi connectivity index (χ1v) is 16.8. The van der Waals surface area contributed by atoms with Gasteiger partial charge in [-0.2, -0.15) is 0 Å². The second kappa shape index (κ2) is 12.0. The fraction of sp³-hybridized carbons (Fsp3) is 0.0213. The summed E-state index contributed by atoms with van der Waals surface area (Å²) in [7, 11) is 0. The van der Waals surface area contributed by atoms with Gasteiger partial charge in [-0.05, 0) is 121 Å². The summed E-state index contributed by atoms with van der Waals surface area (Å²) in [6.07, 6.45) is 10.1. The lowest BCUT2D eigenvalue weighted by molar-refractivity contribution is 0.436. The second-order valence-electron chi connectivity index (χ2n) is 12.5. The van der Waals surface area contributed by atoms with Crippen LogP contribution in [0.3, 0.4) is 0 Å². The first-order chi connectivity index (χ1) is 24.2. The first kappa shape index (κ1) is 28.8. The summed E-state index contributed by atoms with van der Waals surface area (Å²) in [4.78, 5) is 2.26. The molecule has 8 aromatic carbocycles. The predicted molar refractivity (Wildman–Crippen MR) is 209 cm³/mol. The monoisotopic (exact) mass is 627 g/mol. The maximum Gasteiger partial charge on any atom is 0.151 e. The molecule has 0 amide bonds. The third-order valence-electron chi connectivity index (χ3n) is 9.53. The van der Waals surface area contributed by atoms with Crippen LogP contribution in [-0.4, -0.2) is 0 Å². The lowest BCUT2D eigenvalue weighted by atomic mass is 9.91. The molecule has 0 bridgehead atoms. The van der Waals surface area contributed by atoms with Crippen LogP contribution in [0.25, 0.3) is 65.3 Å². The summed E-state index contributed by atoms with van der Waals surface area (Å²) >= 11 is 0. The summed E-state index contributed by atoms with van der Waals surface area (Å²) < 4.78 is 6.33. The molecule has 8 aromatic rings. The molecule has 0 spiro atoms. The van der Waals surface area contributed by atoms with Crippen LogP contribution < -0.4 is 9.64 Å². The van der Waals surface area contributed by atoms with Crippen molar-refractivity contribution in [2.24, 2.45) is 0 Å². The average Bonchev–Trinajstić information content (AvgIpc) is 3.17. The van der Waals surface area contributed by atoms with Gasteiger partial charge in [0.05, 0.1) is 11.9 Å². The van der Waals surface area contributed by atoms with Gasteiger partial charge in [0.15, 0.2) is 5.75 Å². The Kier molecular flexibility index (Phi) is 7.06. The number of fused-ring (bicyclic) bond motifs is 8. The zero-order valence-corrected chi connectivity index (χ0v) is 27.2. The van der Waals surface area contributed by atoms with Crippen molar-refractivity contribution in [3.63, 3.8) is 0 Å². The van der Waals surface area contributed by atoms with Gasteiger partial charge in [-0.15, -0.1) is 0 Å². The third-order valence-corrected chi connectivity index (χ3v) is 9.53. The Morgan fingerprint density at radius 3 is 1.80 bits per heavy atom. The number of benzene rings is 8. The van der Waals surface area contributed by atoms with Crippen LogP contribution in [0.1, 0.15) is 6.92 Å². The molecule has 0 aliphatic carbocycles. The Hall–Kier alpha value is -6.38. The van der Waals surface area contributed by atoms with E-state index in [1.807, 2.05) is 43.4 Å². The van der Waals surface area contributed by atoms with Crippen molar-refractivity contribution in [1.82, 2.24) is 0 Å². The number of nitrogens with zero attached hydrogens (tertiary/aromatic N) is 1. The van der Waals surface area contributed by atoms with Gasteiger partial charge in [0.2, 0.25) is 0 Å². The molecule has 1 aliphatic rings. The fourth-order valence-electron chi connectivity index (χ4n) is 7.18. The van der Waals surface area contributed by atoms with Crippen LogP contribution in [0.5, 0.6) is 5.75 Å². The van der Waals surface area contributed by atoms with Gasteiger partial charge in [0.25, 0.3) is 0 Å². The van der Waals surface area contributed by atoms with Crippen molar-refractivity contribution < 1.29 is 4.74 Å². The van der Waals surface area contributed by atoms with E-state index in [9.17, 15) is 0 Å². The van der Waals surface area contributed by atoms with E-state index in [0.717, 1.165) is 34.0 Å². The van der Waals surface area contributed by atoms with E-state index in [1.54, 1.807) is 0 Å². The highest BCUT2D eigenvalue weighted by molar-refractivity contribution is 6.25. The topological polar surface area (TPSA) is 12.5 Å². The van der Waals surface area contributed by atoms with E-state index >= 15 is 0 Å². The first-order valence-electron chi connectivity index (χ1n) is 16.8. The summed E-state index contributed by atoms with van der Waals surface area (Å²) in [5.41, 5.74) is 6.74. The summed E-state index contributed by atoms with van der Waals surface area (Å²) in [5.74, 6) is 1.60. The fourth-order valence-corrected chi connectivity index (χ4v) is 7.18. The Morgan fingerprint density at radius 2 is 1.06 bits per heavy atom. The number of allylic oxidation sites excluding steroid dienone is 4. The number of rotatable bonds is 5. The number of para-hydroxylation sites is 2. The van der Waals surface area contributed by atoms with Crippen molar-refractivity contribution in [2.75, 3.05) is 4.90 Å². The van der Waals surface area contributed by atoms with Crippen LogP contribution in [0.2, 0.25) is 0 Å². The van der Waals surface area contributed by atoms with Gasteiger partial charge in [-0.3, -0.25) is 0 Å². The van der Waals surface area contributed by atoms with Gasteiger partial charge in [0, 0.05) is 5.69 Å². The molecule has 0 fully saturated rings. The number of anilines is 2. The Balaban J connectivity index is 1.28. The van der Waals surface area contributed by atoms with Gasteiger partial charge in [-0.25, -0.2) is 0 Å². The van der Waals surface area contributed by atoms with Crippen molar-refractivity contribution in [1.29, 1.82) is 0 Å². The molecule has 0 atom stereocenters. The molecule has 2 nitrogen and oxygen atoms in total. The minimum atomic E-state index is 0.776. The predicted octanol–water partition coefficient (Wildman–Crippen LogP) is 13.1. The molecular weight excluding hydrogens is 595 g/mol. The largest absolute Gasteiger partial charge is 0.454 e. The normalized spacial score (nSPS) is 13.1. The highest BCUT2D eigenvalue weighted by atomic mass is 16.5. The zero-order valence-electron chi connectivity index (χ0n) is 27.2. The quantitative estimate of drug-likeness (QED) is 0.139. The van der Waals surface area contributed by atoms with Crippen LogP contribution in [0.15, 0.2) is 188 Å². The molecule has 2 heteroatoms. The molecule has 0 saturated carbocycles. The van der Waals surface area contributed by atoms with Crippen molar-refractivity contribution in [2.45, 2.75) is 6.92 Å². The summed E-state index contributed by atoms with van der Waals surface area (Å²) in [5, 5.41) is 10.1. The van der Waals surface area contributed by atoms with E-state index in [1.165, 1.54) is 54.2 Å². The molecule has 0 N–H and O–H groups in total. The van der Waals surface area contributed by atoms with Crippen molar-refractivity contribution >= 4 is 54.5 Å². The van der Waals surface area contributed by atoms with Crippen LogP contribution in [0, 0.1) is 0 Å². The van der Waals surface area contributed by atoms with Gasteiger partial charge in [-0.1, -0.05) is 127 Å². The number of hydrogen-bond acceptors (Lipinski definition) is 2. The minimum absolute atomic E-state index is 0.776. The van der Waals surface area contributed by atoms with E-state index < -0.39 is 0 Å². The summed E-state index contributed by atoms with van der Waals surface area (Å²) in [6.45, 7) is 2.01. The summed E-state index contributed by atoms with van der Waals surface area (Å²) in [6, 6.07) is 55.0. The molecule has 0 saturated heterocycles. The molecule has 9 rings (SSSR count). The van der Waals surface area contributed by atoms with Crippen molar-refractivity contribution in [3.05, 3.63) is 188 Å². The molecule has 0 aromatic heterocycles. The van der Waals surface area contributed by atoms with E-state index in [0.29, 0.717) is 0 Å². The number of hydrogen-bond donors (Lipinski definition) is 0. The maximum absolute atomic E-state index is 6.33. The highest BCUT2D eigenvalue weighted by Crippen LogP contribution is 2.43.